The lowest BCUT2D eigenvalue weighted by Gasteiger charge is -1.98. The molecular weight excluding hydrogens is 165 g/mol. The van der Waals surface area contributed by atoms with Crippen LogP contribution in [0.4, 0.5) is 13.2 Å². The van der Waals surface area contributed by atoms with Crippen LogP contribution in [-0.2, 0) is 0 Å². The molecule has 0 N–H and O–H groups in total. The lowest BCUT2D eigenvalue weighted by molar-refractivity contribution is -0.0841. The maximum Gasteiger partial charge on any atom is 0.426 e. The molecule has 4 heteroatoms. The molecule has 0 heterocycles. The second-order valence-corrected chi connectivity index (χ2v) is 1.77. The van der Waals surface area contributed by atoms with Crippen LogP contribution in [0.15, 0.2) is 24.3 Å². The van der Waals surface area contributed by atoms with Gasteiger partial charge in [0.25, 0.3) is 0 Å². The normalized spacial score (nSPS) is 9.30. The molecule has 0 aromatic carbocycles. The monoisotopic (exact) mass is 172 g/mol. The fourth-order valence-electron chi connectivity index (χ4n) is 0. The third-order valence-electron chi connectivity index (χ3n) is 0.308. The van der Waals surface area contributed by atoms with Crippen molar-refractivity contribution in [3.63, 3.8) is 0 Å². The molecule has 0 aliphatic carbocycles. The molecule has 60 valence electrons. The summed E-state index contributed by atoms with van der Waals surface area (Å²) in [6.45, 7) is 7.72. The maximum absolute atomic E-state index is 10.9. The summed E-state index contributed by atoms with van der Waals surface area (Å²) in [6.07, 6.45) is -2.68. The second-order valence-electron chi connectivity index (χ2n) is 1.31. The van der Waals surface area contributed by atoms with Crippen LogP contribution < -0.4 is 0 Å². The zero-order chi connectivity index (χ0) is 8.78. The minimum Gasteiger partial charge on any atom is -0.165 e. The zero-order valence-corrected chi connectivity index (χ0v) is 6.26. The van der Waals surface area contributed by atoms with E-state index in [1.54, 1.807) is 6.08 Å². The molecule has 0 bridgehead atoms. The van der Waals surface area contributed by atoms with Crippen LogP contribution in [0.1, 0.15) is 6.92 Å². The van der Waals surface area contributed by atoms with Gasteiger partial charge in [-0.2, -0.15) is 13.2 Å². The molecular formula is C6H8ClF3. The molecule has 0 amide bonds. The van der Waals surface area contributed by atoms with Crippen LogP contribution in [0.5, 0.6) is 0 Å². The summed E-state index contributed by atoms with van der Waals surface area (Å²) >= 11 is 4.43. The van der Waals surface area contributed by atoms with Gasteiger partial charge in [-0.3, -0.25) is 0 Å². The quantitative estimate of drug-likeness (QED) is 0.491. The maximum atomic E-state index is 10.9. The van der Waals surface area contributed by atoms with Gasteiger partial charge in [0.15, 0.2) is 0 Å². The van der Waals surface area contributed by atoms with Crippen molar-refractivity contribution in [3.05, 3.63) is 24.3 Å². The molecule has 0 aliphatic rings. The molecule has 0 atom stereocenters. The molecule has 0 aliphatic heterocycles. The van der Waals surface area contributed by atoms with Gasteiger partial charge in [-0.1, -0.05) is 24.3 Å². The molecule has 0 unspecified atom stereocenters. The highest BCUT2D eigenvalue weighted by Gasteiger charge is 2.30. The highest BCUT2D eigenvalue weighted by atomic mass is 35.5. The van der Waals surface area contributed by atoms with E-state index in [1.807, 2.05) is 6.92 Å². The van der Waals surface area contributed by atoms with Gasteiger partial charge in [-0.25, -0.2) is 0 Å². The van der Waals surface area contributed by atoms with Gasteiger partial charge >= 0.3 is 6.18 Å². The Morgan fingerprint density at radius 2 is 1.60 bits per heavy atom. The summed E-state index contributed by atoms with van der Waals surface area (Å²) in [5.74, 6) is 0. The predicted molar refractivity (Wildman–Crippen MR) is 36.9 cm³/mol. The Balaban J connectivity index is 0. The molecule has 0 saturated carbocycles. The average molecular weight is 173 g/mol. The van der Waals surface area contributed by atoms with Crippen molar-refractivity contribution in [2.45, 2.75) is 13.1 Å². The van der Waals surface area contributed by atoms with E-state index in [-0.39, 0.29) is 0 Å². The fourth-order valence-corrected chi connectivity index (χ4v) is 0. The van der Waals surface area contributed by atoms with E-state index in [1.165, 1.54) is 0 Å². The highest BCUT2D eigenvalue weighted by Crippen LogP contribution is 2.26. The zero-order valence-electron chi connectivity index (χ0n) is 5.50. The van der Waals surface area contributed by atoms with Gasteiger partial charge in [0, 0.05) is 0 Å². The molecule has 10 heavy (non-hydrogen) atoms. The van der Waals surface area contributed by atoms with Crippen LogP contribution in [0, 0.1) is 0 Å². The number of allylic oxidation sites excluding steroid dienone is 2. The van der Waals surface area contributed by atoms with Gasteiger partial charge in [0.05, 0.1) is 0 Å². The molecule has 0 aromatic rings. The number of rotatable bonds is 0. The van der Waals surface area contributed by atoms with E-state index >= 15 is 0 Å². The van der Waals surface area contributed by atoms with Crippen LogP contribution in [-0.4, -0.2) is 6.18 Å². The molecule has 0 spiro atoms. The van der Waals surface area contributed by atoms with E-state index < -0.39 is 11.2 Å². The summed E-state index contributed by atoms with van der Waals surface area (Å²) in [4.78, 5) is 0. The first-order valence-electron chi connectivity index (χ1n) is 2.35. The Labute approximate surface area is 63.0 Å². The van der Waals surface area contributed by atoms with Gasteiger partial charge in [0.2, 0.25) is 0 Å². The minimum absolute atomic E-state index is 1.28. The van der Waals surface area contributed by atoms with Crippen molar-refractivity contribution in [2.75, 3.05) is 0 Å². The third-order valence-corrected chi connectivity index (χ3v) is 0.522. The summed E-state index contributed by atoms with van der Waals surface area (Å²) < 4.78 is 32.8. The number of hydrogen-bond acceptors (Lipinski definition) is 0. The smallest absolute Gasteiger partial charge is 0.165 e. The number of hydrogen-bond donors (Lipinski definition) is 0. The summed E-state index contributed by atoms with van der Waals surface area (Å²) in [7, 11) is 0. The van der Waals surface area contributed by atoms with E-state index in [9.17, 15) is 13.2 Å². The Kier molecular flexibility index (Phi) is 6.56. The first-order chi connectivity index (χ1) is 4.36. The van der Waals surface area contributed by atoms with Crippen molar-refractivity contribution in [3.8, 4) is 0 Å². The first kappa shape index (κ1) is 12.3. The Morgan fingerprint density at radius 3 is 1.60 bits per heavy atom. The van der Waals surface area contributed by atoms with Gasteiger partial charge in [-0.15, -0.1) is 6.58 Å². The standard InChI is InChI=1S/C3H2ClF3.C3H6/c1-2(4)3(5,6)7;1-3-2/h1H2;3H,1H2,2H3. The summed E-state index contributed by atoms with van der Waals surface area (Å²) in [5.41, 5.74) is 0. The molecule has 0 rings (SSSR count). The van der Waals surface area contributed by atoms with E-state index in [4.69, 9.17) is 0 Å². The van der Waals surface area contributed by atoms with Crippen molar-refractivity contribution in [1.82, 2.24) is 0 Å². The van der Waals surface area contributed by atoms with Gasteiger partial charge in [-0.05, 0) is 6.92 Å². The van der Waals surface area contributed by atoms with Gasteiger partial charge in [0.1, 0.15) is 5.03 Å². The Bertz CT molecular complexity index is 115. The van der Waals surface area contributed by atoms with Crippen molar-refractivity contribution in [1.29, 1.82) is 0 Å². The van der Waals surface area contributed by atoms with Crippen molar-refractivity contribution in [2.24, 2.45) is 0 Å². The molecule has 0 fully saturated rings. The highest BCUT2D eigenvalue weighted by molar-refractivity contribution is 6.29. The fraction of sp³-hybridized carbons (Fsp3) is 0.333. The number of alkyl halides is 3. The molecule has 0 aromatic heterocycles. The van der Waals surface area contributed by atoms with Crippen molar-refractivity contribution < 1.29 is 13.2 Å². The average Bonchev–Trinajstić information content (AvgIpc) is 1.64. The first-order valence-corrected chi connectivity index (χ1v) is 2.72. The van der Waals surface area contributed by atoms with Crippen LogP contribution in [0.3, 0.4) is 0 Å². The number of halogens is 4. The van der Waals surface area contributed by atoms with E-state index in [0.29, 0.717) is 0 Å². The summed E-state index contributed by atoms with van der Waals surface area (Å²) in [6, 6.07) is 0. The van der Waals surface area contributed by atoms with Crippen LogP contribution in [0.25, 0.3) is 0 Å². The minimum atomic E-state index is -4.43. The van der Waals surface area contributed by atoms with E-state index in [2.05, 4.69) is 24.8 Å². The Hall–Kier alpha value is -0.440. The van der Waals surface area contributed by atoms with Crippen LogP contribution in [0.2, 0.25) is 0 Å². The second kappa shape index (κ2) is 5.35. The van der Waals surface area contributed by atoms with Crippen molar-refractivity contribution >= 4 is 11.6 Å². The van der Waals surface area contributed by atoms with Crippen LogP contribution >= 0.6 is 11.6 Å². The SMILES string of the molecule is C=C(Cl)C(F)(F)F.C=CC. The van der Waals surface area contributed by atoms with Gasteiger partial charge < -0.3 is 0 Å². The third kappa shape index (κ3) is 10.5. The lowest BCUT2D eigenvalue weighted by atomic mass is 10.6. The Morgan fingerprint density at radius 1 is 1.50 bits per heavy atom. The predicted octanol–water partition coefficient (Wildman–Crippen LogP) is 3.49. The molecule has 0 saturated heterocycles. The molecule has 0 radical (unpaired) electrons. The summed E-state index contributed by atoms with van der Waals surface area (Å²) in [5, 5.41) is -1.28. The lowest BCUT2D eigenvalue weighted by Crippen LogP contribution is -2.04. The van der Waals surface area contributed by atoms with E-state index in [0.717, 1.165) is 0 Å². The topological polar surface area (TPSA) is 0 Å². The largest absolute Gasteiger partial charge is 0.426 e. The molecule has 0 nitrogen and oxygen atoms in total.